The van der Waals surface area contributed by atoms with Gasteiger partial charge in [0.1, 0.15) is 5.54 Å². The molecule has 22 heavy (non-hydrogen) atoms. The molecule has 1 N–H and O–H groups in total. The van der Waals surface area contributed by atoms with Crippen molar-refractivity contribution >= 4 is 17.3 Å². The molecule has 0 aliphatic carbocycles. The first kappa shape index (κ1) is 14.2. The van der Waals surface area contributed by atoms with E-state index >= 15 is 0 Å². The van der Waals surface area contributed by atoms with Crippen molar-refractivity contribution in [2.45, 2.75) is 25.9 Å². The van der Waals surface area contributed by atoms with Gasteiger partial charge in [0.05, 0.1) is 29.6 Å². The zero-order chi connectivity index (χ0) is 15.7. The highest BCUT2D eigenvalue weighted by molar-refractivity contribution is 6.07. The first-order valence-corrected chi connectivity index (χ1v) is 7.19. The van der Waals surface area contributed by atoms with E-state index in [1.165, 1.54) is 0 Å². The van der Waals surface area contributed by atoms with E-state index in [0.717, 1.165) is 16.9 Å². The summed E-state index contributed by atoms with van der Waals surface area (Å²) in [6, 6.07) is 17.3. The molecule has 1 heterocycles. The first-order chi connectivity index (χ1) is 10.5. The van der Waals surface area contributed by atoms with Crippen LogP contribution in [0.3, 0.4) is 0 Å². The number of nitrogens with one attached hydrogen (secondary N) is 1. The topological polar surface area (TPSA) is 56.1 Å². The van der Waals surface area contributed by atoms with E-state index in [4.69, 9.17) is 5.26 Å². The lowest BCUT2D eigenvalue weighted by Gasteiger charge is -2.40. The molecule has 1 aliphatic rings. The van der Waals surface area contributed by atoms with Gasteiger partial charge in [-0.2, -0.15) is 5.26 Å². The maximum absolute atomic E-state index is 12.7. The van der Waals surface area contributed by atoms with E-state index < -0.39 is 5.54 Å². The summed E-state index contributed by atoms with van der Waals surface area (Å²) in [5.41, 5.74) is 2.83. The normalized spacial score (nSPS) is 15.7. The predicted molar refractivity (Wildman–Crippen MR) is 86.5 cm³/mol. The number of carbonyl (C=O) groups is 1. The summed E-state index contributed by atoms with van der Waals surface area (Å²) in [5.74, 6) is 0.0376. The average molecular weight is 291 g/mol. The smallest absolute Gasteiger partial charge is 0.252 e. The van der Waals surface area contributed by atoms with E-state index in [1.54, 1.807) is 17.0 Å². The summed E-state index contributed by atoms with van der Waals surface area (Å²) in [6.07, 6.45) is 0. The Morgan fingerprint density at radius 2 is 1.82 bits per heavy atom. The molecular weight excluding hydrogens is 274 g/mol. The second kappa shape index (κ2) is 5.19. The third kappa shape index (κ3) is 2.42. The SMILES string of the molecule is CC1(C)Nc2ccccc2N(Cc2ccc(C#N)cc2)C1=O. The van der Waals surface area contributed by atoms with Crippen LogP contribution in [0.15, 0.2) is 48.5 Å². The zero-order valence-electron chi connectivity index (χ0n) is 12.6. The molecule has 0 aromatic heterocycles. The van der Waals surface area contributed by atoms with Crippen LogP contribution in [0.2, 0.25) is 0 Å². The number of hydrogen-bond acceptors (Lipinski definition) is 3. The minimum atomic E-state index is -0.638. The van der Waals surface area contributed by atoms with Gasteiger partial charge in [0.25, 0.3) is 5.91 Å². The number of carbonyl (C=O) groups excluding carboxylic acids is 1. The van der Waals surface area contributed by atoms with Gasteiger partial charge in [-0.1, -0.05) is 24.3 Å². The molecule has 4 nitrogen and oxygen atoms in total. The third-order valence-electron chi connectivity index (χ3n) is 3.85. The molecule has 0 atom stereocenters. The van der Waals surface area contributed by atoms with E-state index in [0.29, 0.717) is 12.1 Å². The number of anilines is 2. The van der Waals surface area contributed by atoms with Crippen LogP contribution >= 0.6 is 0 Å². The van der Waals surface area contributed by atoms with Crippen molar-refractivity contribution in [3.05, 3.63) is 59.7 Å². The van der Waals surface area contributed by atoms with E-state index in [9.17, 15) is 4.79 Å². The highest BCUT2D eigenvalue weighted by Gasteiger charge is 2.38. The second-order valence-electron chi connectivity index (χ2n) is 5.97. The molecule has 3 rings (SSSR count). The van der Waals surface area contributed by atoms with E-state index in [1.807, 2.05) is 50.2 Å². The van der Waals surface area contributed by atoms with Gasteiger partial charge in [0.15, 0.2) is 0 Å². The number of fused-ring (bicyclic) bond motifs is 1. The lowest BCUT2D eigenvalue weighted by molar-refractivity contribution is -0.122. The summed E-state index contributed by atoms with van der Waals surface area (Å²) >= 11 is 0. The minimum Gasteiger partial charge on any atom is -0.370 e. The Balaban J connectivity index is 1.97. The fourth-order valence-electron chi connectivity index (χ4n) is 2.68. The maximum atomic E-state index is 12.7. The number of rotatable bonds is 2. The molecule has 2 aromatic rings. The van der Waals surface area contributed by atoms with Gasteiger partial charge in [-0.3, -0.25) is 4.79 Å². The van der Waals surface area contributed by atoms with Crippen molar-refractivity contribution in [2.75, 3.05) is 10.2 Å². The van der Waals surface area contributed by atoms with Gasteiger partial charge in [0, 0.05) is 0 Å². The molecule has 0 saturated carbocycles. The van der Waals surface area contributed by atoms with Crippen molar-refractivity contribution in [3.63, 3.8) is 0 Å². The van der Waals surface area contributed by atoms with Crippen molar-refractivity contribution in [2.24, 2.45) is 0 Å². The molecule has 0 spiro atoms. The molecule has 0 fully saturated rings. The van der Waals surface area contributed by atoms with Crippen LogP contribution in [0.4, 0.5) is 11.4 Å². The third-order valence-corrected chi connectivity index (χ3v) is 3.85. The molecule has 0 bridgehead atoms. The molecule has 110 valence electrons. The van der Waals surface area contributed by atoms with Crippen LogP contribution in [-0.2, 0) is 11.3 Å². The summed E-state index contributed by atoms with van der Waals surface area (Å²) < 4.78 is 0. The minimum absolute atomic E-state index is 0.0376. The highest BCUT2D eigenvalue weighted by Crippen LogP contribution is 2.35. The quantitative estimate of drug-likeness (QED) is 0.923. The van der Waals surface area contributed by atoms with Crippen LogP contribution in [-0.4, -0.2) is 11.4 Å². The summed E-state index contributed by atoms with van der Waals surface area (Å²) in [4.78, 5) is 14.5. The van der Waals surface area contributed by atoms with Gasteiger partial charge < -0.3 is 10.2 Å². The monoisotopic (exact) mass is 291 g/mol. The van der Waals surface area contributed by atoms with Gasteiger partial charge in [-0.15, -0.1) is 0 Å². The second-order valence-corrected chi connectivity index (χ2v) is 5.97. The lowest BCUT2D eigenvalue weighted by Crippen LogP contribution is -2.53. The number of nitrogens with zero attached hydrogens (tertiary/aromatic N) is 2. The summed E-state index contributed by atoms with van der Waals surface area (Å²) in [6.45, 7) is 4.26. The molecule has 0 radical (unpaired) electrons. The maximum Gasteiger partial charge on any atom is 0.252 e. The molecule has 0 saturated heterocycles. The van der Waals surface area contributed by atoms with Crippen molar-refractivity contribution in [1.82, 2.24) is 0 Å². The average Bonchev–Trinajstić information content (AvgIpc) is 2.52. The van der Waals surface area contributed by atoms with Gasteiger partial charge >= 0.3 is 0 Å². The molecule has 1 amide bonds. The highest BCUT2D eigenvalue weighted by atomic mass is 16.2. The molecular formula is C18H17N3O. The molecule has 2 aromatic carbocycles. The van der Waals surface area contributed by atoms with Crippen LogP contribution in [0.5, 0.6) is 0 Å². The lowest BCUT2D eigenvalue weighted by atomic mass is 9.97. The van der Waals surface area contributed by atoms with E-state index in [2.05, 4.69) is 11.4 Å². The van der Waals surface area contributed by atoms with Gasteiger partial charge in [0.2, 0.25) is 0 Å². The number of amides is 1. The van der Waals surface area contributed by atoms with Crippen LogP contribution in [0.25, 0.3) is 0 Å². The van der Waals surface area contributed by atoms with Crippen molar-refractivity contribution in [3.8, 4) is 6.07 Å². The Kier molecular flexibility index (Phi) is 3.34. The Bertz CT molecular complexity index is 757. The summed E-state index contributed by atoms with van der Waals surface area (Å²) in [7, 11) is 0. The van der Waals surface area contributed by atoms with Crippen LogP contribution < -0.4 is 10.2 Å². The van der Waals surface area contributed by atoms with Crippen molar-refractivity contribution in [1.29, 1.82) is 5.26 Å². The fourth-order valence-corrected chi connectivity index (χ4v) is 2.68. The largest absolute Gasteiger partial charge is 0.370 e. The zero-order valence-corrected chi connectivity index (χ0v) is 12.6. The fraction of sp³-hybridized carbons (Fsp3) is 0.222. The standard InChI is InChI=1S/C18H17N3O/c1-18(2)17(22)21(16-6-4-3-5-15(16)20-18)12-14-9-7-13(11-19)8-10-14/h3-10,20H,12H2,1-2H3. The van der Waals surface area contributed by atoms with Crippen LogP contribution in [0.1, 0.15) is 25.0 Å². The Morgan fingerprint density at radius 1 is 1.14 bits per heavy atom. The van der Waals surface area contributed by atoms with Gasteiger partial charge in [-0.25, -0.2) is 0 Å². The molecule has 0 unspecified atom stereocenters. The summed E-state index contributed by atoms with van der Waals surface area (Å²) in [5, 5.41) is 12.2. The molecule has 4 heteroatoms. The number of benzene rings is 2. The number of para-hydroxylation sites is 2. The van der Waals surface area contributed by atoms with Crippen molar-refractivity contribution < 1.29 is 4.79 Å². The first-order valence-electron chi connectivity index (χ1n) is 7.19. The predicted octanol–water partition coefficient (Wildman–Crippen LogP) is 3.30. The Hall–Kier alpha value is -2.80. The Labute approximate surface area is 130 Å². The van der Waals surface area contributed by atoms with Crippen LogP contribution in [0, 0.1) is 11.3 Å². The van der Waals surface area contributed by atoms with Gasteiger partial charge in [-0.05, 0) is 43.7 Å². The van der Waals surface area contributed by atoms with E-state index in [-0.39, 0.29) is 5.91 Å². The molecule has 1 aliphatic heterocycles. The Morgan fingerprint density at radius 3 is 2.50 bits per heavy atom. The number of nitriles is 1. The number of hydrogen-bond donors (Lipinski definition) is 1.